The Morgan fingerprint density at radius 1 is 1.24 bits per heavy atom. The number of hydrogen-bond donors (Lipinski definition) is 1. The molecule has 29 heavy (non-hydrogen) atoms. The second-order valence-electron chi connectivity index (χ2n) is 7.13. The van der Waals surface area contributed by atoms with Crippen molar-refractivity contribution in [2.45, 2.75) is 75.0 Å². The molecule has 1 aromatic carbocycles. The molecule has 156 valence electrons. The van der Waals surface area contributed by atoms with Gasteiger partial charge < -0.3 is 10.1 Å². The maximum absolute atomic E-state index is 12.7. The van der Waals surface area contributed by atoms with Gasteiger partial charge in [0, 0.05) is 5.25 Å². The van der Waals surface area contributed by atoms with Gasteiger partial charge in [0.1, 0.15) is 13.2 Å². The second kappa shape index (κ2) is 10.9. The molecule has 1 amide bonds. The zero-order valence-electron chi connectivity index (χ0n) is 16.6. The Bertz CT molecular complexity index is 792. The molecule has 9 heteroatoms. The Morgan fingerprint density at radius 3 is 2.72 bits per heavy atom. The maximum atomic E-state index is 12.7. The number of nitrogens with zero attached hydrogens (tertiary/aromatic N) is 4. The van der Waals surface area contributed by atoms with Gasteiger partial charge in [0.2, 0.25) is 5.16 Å². The van der Waals surface area contributed by atoms with E-state index in [4.69, 9.17) is 4.74 Å². The molecule has 8 nitrogen and oxygen atoms in total. The summed E-state index contributed by atoms with van der Waals surface area (Å²) in [6.45, 7) is 2.03. The van der Waals surface area contributed by atoms with Crippen LogP contribution in [0.4, 0.5) is 4.79 Å². The summed E-state index contributed by atoms with van der Waals surface area (Å²) in [4.78, 5) is 24.8. The van der Waals surface area contributed by atoms with Gasteiger partial charge in [-0.15, -0.1) is 5.10 Å². The predicted octanol–water partition coefficient (Wildman–Crippen LogP) is 3.37. The molecule has 1 atom stereocenters. The molecule has 0 saturated heterocycles. The summed E-state index contributed by atoms with van der Waals surface area (Å²) >= 11 is 1.64. The molecule has 1 heterocycles. The van der Waals surface area contributed by atoms with Crippen LogP contribution in [0.15, 0.2) is 35.5 Å². The van der Waals surface area contributed by atoms with Crippen LogP contribution in [0.1, 0.15) is 51.0 Å². The molecule has 0 aliphatic heterocycles. The highest BCUT2D eigenvalue weighted by atomic mass is 32.2. The first kappa shape index (κ1) is 21.3. The molecule has 0 spiro atoms. The summed E-state index contributed by atoms with van der Waals surface area (Å²) in [5.41, 5.74) is 0.889. The van der Waals surface area contributed by atoms with E-state index in [1.54, 1.807) is 11.8 Å². The van der Waals surface area contributed by atoms with Gasteiger partial charge in [-0.1, -0.05) is 68.3 Å². The van der Waals surface area contributed by atoms with Gasteiger partial charge in [-0.2, -0.15) is 0 Å². The molecule has 1 unspecified atom stereocenters. The van der Waals surface area contributed by atoms with Crippen molar-refractivity contribution in [1.29, 1.82) is 0 Å². The van der Waals surface area contributed by atoms with Crippen LogP contribution in [-0.4, -0.2) is 43.4 Å². The first-order valence-corrected chi connectivity index (χ1v) is 11.0. The van der Waals surface area contributed by atoms with E-state index in [0.29, 0.717) is 16.8 Å². The fourth-order valence-electron chi connectivity index (χ4n) is 3.29. The molecule has 1 fully saturated rings. The molecule has 1 N–H and O–H groups in total. The number of hydrogen-bond acceptors (Lipinski definition) is 7. The van der Waals surface area contributed by atoms with E-state index in [2.05, 4.69) is 20.8 Å². The molecular weight excluding hydrogens is 390 g/mol. The number of carbonyl (C=O) groups is 2. The number of nitrogens with one attached hydrogen (secondary N) is 1. The van der Waals surface area contributed by atoms with Gasteiger partial charge in [-0.05, 0) is 35.3 Å². The van der Waals surface area contributed by atoms with Crippen LogP contribution in [0.5, 0.6) is 0 Å². The number of thioether (sulfide) groups is 1. The van der Waals surface area contributed by atoms with Crippen molar-refractivity contribution in [3.8, 4) is 0 Å². The van der Waals surface area contributed by atoms with Crippen molar-refractivity contribution < 1.29 is 14.3 Å². The Morgan fingerprint density at radius 2 is 2.00 bits per heavy atom. The van der Waals surface area contributed by atoms with Gasteiger partial charge in [0.15, 0.2) is 5.78 Å². The van der Waals surface area contributed by atoms with Crippen molar-refractivity contribution >= 4 is 23.6 Å². The summed E-state index contributed by atoms with van der Waals surface area (Å²) in [5, 5.41) is 15.6. The van der Waals surface area contributed by atoms with E-state index in [-0.39, 0.29) is 18.9 Å². The minimum atomic E-state index is -0.644. The summed E-state index contributed by atoms with van der Waals surface area (Å²) in [6, 6.07) is 8.76. The molecule has 1 saturated carbocycles. The summed E-state index contributed by atoms with van der Waals surface area (Å²) in [6.07, 6.45) is 5.89. The number of rotatable bonds is 9. The number of ether oxygens (including phenoxy) is 1. The second-order valence-corrected chi connectivity index (χ2v) is 8.40. The van der Waals surface area contributed by atoms with Crippen LogP contribution < -0.4 is 5.32 Å². The summed E-state index contributed by atoms with van der Waals surface area (Å²) < 4.78 is 6.75. The van der Waals surface area contributed by atoms with Crippen LogP contribution >= 0.6 is 11.8 Å². The molecule has 2 aromatic rings. The lowest BCUT2D eigenvalue weighted by molar-refractivity contribution is -0.122. The van der Waals surface area contributed by atoms with Crippen molar-refractivity contribution in [2.75, 3.05) is 0 Å². The maximum Gasteiger partial charge on any atom is 0.408 e. The summed E-state index contributed by atoms with van der Waals surface area (Å²) in [5.74, 6) is -0.151. The first-order valence-electron chi connectivity index (χ1n) is 10.1. The van der Waals surface area contributed by atoms with Crippen LogP contribution in [0.25, 0.3) is 0 Å². The minimum absolute atomic E-state index is 0.0273. The summed E-state index contributed by atoms with van der Waals surface area (Å²) in [7, 11) is 0. The van der Waals surface area contributed by atoms with Crippen LogP contribution in [0.2, 0.25) is 0 Å². The minimum Gasteiger partial charge on any atom is -0.445 e. The highest BCUT2D eigenvalue weighted by Crippen LogP contribution is 2.32. The Labute approximate surface area is 174 Å². The van der Waals surface area contributed by atoms with Gasteiger partial charge in [0.25, 0.3) is 0 Å². The lowest BCUT2D eigenvalue weighted by Crippen LogP contribution is -2.42. The zero-order chi connectivity index (χ0) is 20.5. The van der Waals surface area contributed by atoms with Gasteiger partial charge in [-0.25, -0.2) is 9.48 Å². The predicted molar refractivity (Wildman–Crippen MR) is 109 cm³/mol. The van der Waals surface area contributed by atoms with E-state index in [1.807, 2.05) is 37.3 Å². The van der Waals surface area contributed by atoms with E-state index >= 15 is 0 Å². The fourth-order valence-corrected chi connectivity index (χ4v) is 4.46. The third-order valence-corrected chi connectivity index (χ3v) is 6.24. The molecule has 0 bridgehead atoms. The monoisotopic (exact) mass is 417 g/mol. The van der Waals surface area contributed by atoms with Crippen molar-refractivity contribution in [3.05, 3.63) is 35.9 Å². The number of benzene rings is 1. The van der Waals surface area contributed by atoms with E-state index in [1.165, 1.54) is 23.9 Å². The van der Waals surface area contributed by atoms with Crippen LogP contribution in [0.3, 0.4) is 0 Å². The third-order valence-electron chi connectivity index (χ3n) is 4.93. The third kappa shape index (κ3) is 6.56. The Hall–Kier alpha value is -2.42. The zero-order valence-corrected chi connectivity index (χ0v) is 17.4. The molecule has 3 rings (SSSR count). The lowest BCUT2D eigenvalue weighted by atomic mass is 10.0. The van der Waals surface area contributed by atoms with Crippen molar-refractivity contribution in [2.24, 2.45) is 0 Å². The number of alkyl carbamates (subject to hydrolysis) is 1. The highest BCUT2D eigenvalue weighted by Gasteiger charge is 2.23. The SMILES string of the molecule is CCC(NC(=O)OCc1ccccc1)C(=O)Cn1nnnc1SC1CCCCC1. The first-order chi connectivity index (χ1) is 14.2. The molecule has 1 aliphatic rings. The van der Waals surface area contributed by atoms with Crippen LogP contribution in [0, 0.1) is 0 Å². The number of tetrazole rings is 1. The van der Waals surface area contributed by atoms with Crippen molar-refractivity contribution in [3.63, 3.8) is 0 Å². The molecular formula is C20H27N5O3S. The molecule has 1 aliphatic carbocycles. The Kier molecular flexibility index (Phi) is 8.03. The van der Waals surface area contributed by atoms with Gasteiger partial charge >= 0.3 is 6.09 Å². The standard InChI is InChI=1S/C20H27N5O3S/c1-2-17(21-20(27)28-14-15-9-5-3-6-10-15)18(26)13-25-19(22-23-24-25)29-16-11-7-4-8-12-16/h3,5-6,9-10,16-17H,2,4,7-8,11-14H2,1H3,(H,21,27). The highest BCUT2D eigenvalue weighted by molar-refractivity contribution is 7.99. The van der Waals surface area contributed by atoms with E-state index in [0.717, 1.165) is 18.4 Å². The van der Waals surface area contributed by atoms with Gasteiger partial charge in [0.05, 0.1) is 6.04 Å². The van der Waals surface area contributed by atoms with E-state index < -0.39 is 12.1 Å². The number of Topliss-reactive ketones (excluding diaryl/α,β-unsaturated/α-hetero) is 1. The average molecular weight is 418 g/mol. The smallest absolute Gasteiger partial charge is 0.408 e. The van der Waals surface area contributed by atoms with E-state index in [9.17, 15) is 9.59 Å². The lowest BCUT2D eigenvalue weighted by Gasteiger charge is -2.20. The number of carbonyl (C=O) groups excluding carboxylic acids is 2. The van der Waals surface area contributed by atoms with Crippen molar-refractivity contribution in [1.82, 2.24) is 25.5 Å². The topological polar surface area (TPSA) is 99.0 Å². The number of amides is 1. The fraction of sp³-hybridized carbons (Fsp3) is 0.550. The Balaban J connectivity index is 1.50. The number of ketones is 1. The largest absolute Gasteiger partial charge is 0.445 e. The molecule has 1 aromatic heterocycles. The van der Waals surface area contributed by atoms with Crippen LogP contribution in [-0.2, 0) is 22.7 Å². The van der Waals surface area contributed by atoms with Gasteiger partial charge in [-0.3, -0.25) is 4.79 Å². The quantitative estimate of drug-likeness (QED) is 0.668. The average Bonchev–Trinajstić information content (AvgIpc) is 3.18. The number of aromatic nitrogens is 4. The normalized spacial score (nSPS) is 15.6. The molecule has 0 radical (unpaired) electrons.